The van der Waals surface area contributed by atoms with Crippen LogP contribution in [0.5, 0.6) is 0 Å². The van der Waals surface area contributed by atoms with E-state index in [9.17, 15) is 0 Å². The molecule has 1 aliphatic rings. The van der Waals surface area contributed by atoms with E-state index in [0.717, 1.165) is 34.1 Å². The normalized spacial score (nSPS) is 16.2. The van der Waals surface area contributed by atoms with Gasteiger partial charge in [0, 0.05) is 14.1 Å². The van der Waals surface area contributed by atoms with Gasteiger partial charge in [0.15, 0.2) is 17.8 Å². The van der Waals surface area contributed by atoms with Gasteiger partial charge in [-0.05, 0) is 36.4 Å². The fraction of sp³-hybridized carbons (Fsp3) is 0.150. The monoisotopic (exact) mass is 330 g/mol. The standard InChI is InChI=1S/C20H18N4O/c1-23-15-9-5-3-7-13(15)21-19(23)17-11-12-18(25-17)20-22-14-8-4-6-10-16(14)24(20)2/h3-12,19,21H,1-2H3. The molecule has 0 aliphatic carbocycles. The summed E-state index contributed by atoms with van der Waals surface area (Å²) in [6.07, 6.45) is -0.0131. The molecule has 1 atom stereocenters. The first-order valence-electron chi connectivity index (χ1n) is 8.32. The Labute approximate surface area is 145 Å². The van der Waals surface area contributed by atoms with Crippen LogP contribution in [-0.2, 0) is 7.05 Å². The van der Waals surface area contributed by atoms with Crippen molar-refractivity contribution < 1.29 is 4.42 Å². The molecule has 0 radical (unpaired) electrons. The number of benzene rings is 2. The molecule has 1 aliphatic heterocycles. The van der Waals surface area contributed by atoms with Crippen molar-refractivity contribution in [2.45, 2.75) is 6.17 Å². The van der Waals surface area contributed by atoms with E-state index in [0.29, 0.717) is 0 Å². The van der Waals surface area contributed by atoms with E-state index in [1.54, 1.807) is 0 Å². The highest BCUT2D eigenvalue weighted by atomic mass is 16.3. The third-order valence-corrected chi connectivity index (χ3v) is 4.87. The first-order chi connectivity index (χ1) is 12.2. The first-order valence-corrected chi connectivity index (χ1v) is 8.32. The second kappa shape index (κ2) is 5.14. The molecule has 1 N–H and O–H groups in total. The van der Waals surface area contributed by atoms with Crippen LogP contribution in [0.3, 0.4) is 0 Å². The van der Waals surface area contributed by atoms with Crippen molar-refractivity contribution in [2.24, 2.45) is 7.05 Å². The van der Waals surface area contributed by atoms with Crippen LogP contribution in [0.25, 0.3) is 22.6 Å². The van der Waals surface area contributed by atoms with Crippen LogP contribution >= 0.6 is 0 Å². The van der Waals surface area contributed by atoms with E-state index < -0.39 is 0 Å². The largest absolute Gasteiger partial charge is 0.454 e. The average Bonchev–Trinajstić information content (AvgIpc) is 3.32. The minimum Gasteiger partial charge on any atom is -0.454 e. The van der Waals surface area contributed by atoms with Gasteiger partial charge in [-0.2, -0.15) is 0 Å². The van der Waals surface area contributed by atoms with Gasteiger partial charge >= 0.3 is 0 Å². The summed E-state index contributed by atoms with van der Waals surface area (Å²) in [5.41, 5.74) is 4.37. The van der Waals surface area contributed by atoms with Crippen LogP contribution in [0, 0.1) is 0 Å². The van der Waals surface area contributed by atoms with Crippen LogP contribution in [0.4, 0.5) is 11.4 Å². The third-order valence-electron chi connectivity index (χ3n) is 4.87. The lowest BCUT2D eigenvalue weighted by Gasteiger charge is -2.19. The van der Waals surface area contributed by atoms with Crippen LogP contribution in [-0.4, -0.2) is 16.6 Å². The van der Waals surface area contributed by atoms with Crippen LogP contribution in [0.15, 0.2) is 65.1 Å². The summed E-state index contributed by atoms with van der Waals surface area (Å²) < 4.78 is 8.25. The molecular formula is C20H18N4O. The minimum atomic E-state index is -0.0131. The first kappa shape index (κ1) is 14.2. The highest BCUT2D eigenvalue weighted by Gasteiger charge is 2.29. The van der Waals surface area contributed by atoms with Crippen molar-refractivity contribution in [1.82, 2.24) is 9.55 Å². The predicted octanol–water partition coefficient (Wildman–Crippen LogP) is 4.39. The number of rotatable bonds is 2. The van der Waals surface area contributed by atoms with E-state index in [2.05, 4.69) is 40.0 Å². The SMILES string of the molecule is CN1c2ccccc2NC1c1ccc(-c2nc3ccccc3n2C)o1. The van der Waals surface area contributed by atoms with Gasteiger partial charge in [-0.1, -0.05) is 24.3 Å². The van der Waals surface area contributed by atoms with Gasteiger partial charge < -0.3 is 19.2 Å². The summed E-state index contributed by atoms with van der Waals surface area (Å²) in [7, 11) is 4.09. The number of furan rings is 1. The number of imidazole rings is 1. The Morgan fingerprint density at radius 2 is 1.76 bits per heavy atom. The van der Waals surface area contributed by atoms with Gasteiger partial charge in [-0.15, -0.1) is 0 Å². The van der Waals surface area contributed by atoms with Gasteiger partial charge in [0.25, 0.3) is 0 Å². The number of nitrogens with zero attached hydrogens (tertiary/aromatic N) is 3. The van der Waals surface area contributed by atoms with Crippen molar-refractivity contribution >= 4 is 22.4 Å². The molecule has 25 heavy (non-hydrogen) atoms. The Bertz CT molecular complexity index is 1080. The van der Waals surface area contributed by atoms with E-state index >= 15 is 0 Å². The molecular weight excluding hydrogens is 312 g/mol. The number of nitrogens with one attached hydrogen (secondary N) is 1. The second-order valence-corrected chi connectivity index (χ2v) is 6.36. The molecule has 1 unspecified atom stereocenters. The number of para-hydroxylation sites is 4. The summed E-state index contributed by atoms with van der Waals surface area (Å²) in [5, 5.41) is 3.51. The van der Waals surface area contributed by atoms with Crippen molar-refractivity contribution in [3.8, 4) is 11.6 Å². The second-order valence-electron chi connectivity index (χ2n) is 6.36. The van der Waals surface area contributed by atoms with Gasteiger partial charge in [0.2, 0.25) is 0 Å². The Hall–Kier alpha value is -3.21. The zero-order chi connectivity index (χ0) is 17.0. The highest BCUT2D eigenvalue weighted by molar-refractivity contribution is 5.80. The molecule has 0 saturated heterocycles. The van der Waals surface area contributed by atoms with Crippen LogP contribution in [0.1, 0.15) is 11.9 Å². The maximum Gasteiger partial charge on any atom is 0.176 e. The molecule has 5 nitrogen and oxygen atoms in total. The molecule has 0 amide bonds. The quantitative estimate of drug-likeness (QED) is 0.592. The Balaban J connectivity index is 1.53. The van der Waals surface area contributed by atoms with Crippen LogP contribution < -0.4 is 10.2 Å². The van der Waals surface area contributed by atoms with E-state index in [1.165, 1.54) is 5.69 Å². The zero-order valence-electron chi connectivity index (χ0n) is 14.1. The Kier molecular flexibility index (Phi) is 2.91. The lowest BCUT2D eigenvalue weighted by Crippen LogP contribution is -2.22. The summed E-state index contributed by atoms with van der Waals surface area (Å²) >= 11 is 0. The highest BCUT2D eigenvalue weighted by Crippen LogP contribution is 2.40. The fourth-order valence-electron chi connectivity index (χ4n) is 3.53. The number of hydrogen-bond donors (Lipinski definition) is 1. The molecule has 2 aromatic carbocycles. The van der Waals surface area contributed by atoms with Crippen molar-refractivity contribution in [3.05, 3.63) is 66.4 Å². The minimum absolute atomic E-state index is 0.0131. The molecule has 0 fully saturated rings. The van der Waals surface area contributed by atoms with Crippen molar-refractivity contribution in [2.75, 3.05) is 17.3 Å². The van der Waals surface area contributed by atoms with Gasteiger partial charge in [0.05, 0.1) is 22.4 Å². The maximum atomic E-state index is 6.18. The average molecular weight is 330 g/mol. The summed E-state index contributed by atoms with van der Waals surface area (Å²) in [5.74, 6) is 2.49. The van der Waals surface area contributed by atoms with Crippen molar-refractivity contribution in [3.63, 3.8) is 0 Å². The smallest absolute Gasteiger partial charge is 0.176 e. The summed E-state index contributed by atoms with van der Waals surface area (Å²) in [6, 6.07) is 20.4. The van der Waals surface area contributed by atoms with Gasteiger partial charge in [-0.25, -0.2) is 4.98 Å². The van der Waals surface area contributed by atoms with E-state index in [4.69, 9.17) is 9.40 Å². The molecule has 3 heterocycles. The summed E-state index contributed by atoms with van der Waals surface area (Å²) in [6.45, 7) is 0. The Morgan fingerprint density at radius 3 is 2.60 bits per heavy atom. The maximum absolute atomic E-state index is 6.18. The number of hydrogen-bond acceptors (Lipinski definition) is 4. The molecule has 0 spiro atoms. The third kappa shape index (κ3) is 2.05. The van der Waals surface area contributed by atoms with Gasteiger partial charge in [-0.3, -0.25) is 0 Å². The Morgan fingerprint density at radius 1 is 0.960 bits per heavy atom. The van der Waals surface area contributed by atoms with Crippen molar-refractivity contribution in [1.29, 1.82) is 0 Å². The number of fused-ring (bicyclic) bond motifs is 2. The van der Waals surface area contributed by atoms with E-state index in [1.807, 2.05) is 49.5 Å². The van der Waals surface area contributed by atoms with Crippen LogP contribution in [0.2, 0.25) is 0 Å². The van der Waals surface area contributed by atoms with E-state index in [-0.39, 0.29) is 6.17 Å². The summed E-state index contributed by atoms with van der Waals surface area (Å²) in [4.78, 5) is 6.90. The number of aromatic nitrogens is 2. The zero-order valence-corrected chi connectivity index (χ0v) is 14.1. The lowest BCUT2D eigenvalue weighted by molar-refractivity contribution is 0.488. The topological polar surface area (TPSA) is 46.2 Å². The number of aryl methyl sites for hydroxylation is 1. The lowest BCUT2D eigenvalue weighted by atomic mass is 10.3. The molecule has 5 heteroatoms. The van der Waals surface area contributed by atoms with Gasteiger partial charge in [0.1, 0.15) is 5.76 Å². The molecule has 2 aromatic heterocycles. The molecule has 124 valence electrons. The molecule has 4 aromatic rings. The molecule has 0 saturated carbocycles. The predicted molar refractivity (Wildman–Crippen MR) is 99.6 cm³/mol. The number of anilines is 2. The molecule has 0 bridgehead atoms. The fourth-order valence-corrected chi connectivity index (χ4v) is 3.53. The molecule has 5 rings (SSSR count).